The summed E-state index contributed by atoms with van der Waals surface area (Å²) in [6, 6.07) is 5.44. The van der Waals surface area contributed by atoms with Crippen LogP contribution in [0.2, 0.25) is 0 Å². The predicted molar refractivity (Wildman–Crippen MR) is 88.5 cm³/mol. The molecule has 0 amide bonds. The summed E-state index contributed by atoms with van der Waals surface area (Å²) in [5.41, 5.74) is -0.225. The molecule has 0 heterocycles. The maximum Gasteiger partial charge on any atom is 0.311 e. The van der Waals surface area contributed by atoms with E-state index < -0.39 is 5.72 Å². The molecule has 0 aliphatic heterocycles. The van der Waals surface area contributed by atoms with E-state index in [2.05, 4.69) is 5.32 Å². The predicted octanol–water partition coefficient (Wildman–Crippen LogP) is 3.17. The fraction of sp³-hybridized carbons (Fsp3) is 0.562. The first-order valence-electron chi connectivity index (χ1n) is 7.23. The number of aliphatic hydroxyl groups is 1. The molecule has 0 spiro atoms. The van der Waals surface area contributed by atoms with Crippen molar-refractivity contribution >= 4 is 18.4 Å². The number of ether oxygens (including phenoxy) is 2. The Hall–Kier alpha value is -1.30. The van der Waals surface area contributed by atoms with E-state index in [1.54, 1.807) is 26.8 Å². The molecule has 0 aromatic heterocycles. The van der Waals surface area contributed by atoms with Gasteiger partial charge in [-0.15, -0.1) is 12.4 Å². The minimum absolute atomic E-state index is 0. The molecule has 1 atom stereocenters. The Morgan fingerprint density at radius 2 is 2.00 bits per heavy atom. The van der Waals surface area contributed by atoms with Crippen molar-refractivity contribution in [1.82, 2.24) is 5.32 Å². The zero-order valence-corrected chi connectivity index (χ0v) is 14.6. The average molecular weight is 332 g/mol. The van der Waals surface area contributed by atoms with E-state index in [0.717, 1.165) is 5.56 Å². The average Bonchev–Trinajstić information content (AvgIpc) is 2.40. The Morgan fingerprint density at radius 1 is 1.36 bits per heavy atom. The van der Waals surface area contributed by atoms with E-state index in [0.29, 0.717) is 24.3 Å². The number of halogens is 1. The Balaban J connectivity index is 0.00000441. The molecule has 0 unspecified atom stereocenters. The van der Waals surface area contributed by atoms with Crippen molar-refractivity contribution in [2.45, 2.75) is 59.4 Å². The van der Waals surface area contributed by atoms with E-state index >= 15 is 0 Å². The lowest BCUT2D eigenvalue weighted by Crippen LogP contribution is -2.48. The highest BCUT2D eigenvalue weighted by Gasteiger charge is 2.21. The first-order chi connectivity index (χ1) is 9.76. The van der Waals surface area contributed by atoms with Gasteiger partial charge in [-0.2, -0.15) is 0 Å². The third-order valence-corrected chi connectivity index (χ3v) is 2.83. The summed E-state index contributed by atoms with van der Waals surface area (Å²) in [7, 11) is 0. The van der Waals surface area contributed by atoms with Crippen molar-refractivity contribution in [3.05, 3.63) is 23.8 Å². The number of hydrogen-bond donors (Lipinski definition) is 2. The van der Waals surface area contributed by atoms with Crippen LogP contribution in [0.3, 0.4) is 0 Å². The first-order valence-corrected chi connectivity index (χ1v) is 7.23. The Morgan fingerprint density at radius 3 is 2.50 bits per heavy atom. The van der Waals surface area contributed by atoms with Crippen LogP contribution in [0.5, 0.6) is 11.5 Å². The first kappa shape index (κ1) is 20.7. The number of benzene rings is 1. The SMILES string of the molecule is CCC(=O)Oc1c(C)cccc1O[C@@H](CC)NC(C)(C)O.Cl. The molecule has 2 N–H and O–H groups in total. The molecule has 1 rings (SSSR count). The lowest BCUT2D eigenvalue weighted by molar-refractivity contribution is -0.134. The molecule has 0 fully saturated rings. The molecule has 0 bridgehead atoms. The highest BCUT2D eigenvalue weighted by molar-refractivity contribution is 5.85. The van der Waals surface area contributed by atoms with E-state index in [9.17, 15) is 9.90 Å². The molecule has 22 heavy (non-hydrogen) atoms. The fourth-order valence-corrected chi connectivity index (χ4v) is 1.80. The van der Waals surface area contributed by atoms with Gasteiger partial charge in [0.25, 0.3) is 0 Å². The number of para-hydroxylation sites is 1. The zero-order valence-electron chi connectivity index (χ0n) is 13.8. The maximum atomic E-state index is 11.5. The van der Waals surface area contributed by atoms with Crippen molar-refractivity contribution in [2.24, 2.45) is 0 Å². The van der Waals surface area contributed by atoms with Crippen molar-refractivity contribution in [1.29, 1.82) is 0 Å². The molecule has 0 saturated heterocycles. The minimum atomic E-state index is -1.05. The second-order valence-corrected chi connectivity index (χ2v) is 5.45. The summed E-state index contributed by atoms with van der Waals surface area (Å²) < 4.78 is 11.2. The van der Waals surface area contributed by atoms with Crippen LogP contribution in [0.25, 0.3) is 0 Å². The Labute approximate surface area is 138 Å². The summed E-state index contributed by atoms with van der Waals surface area (Å²) in [5.74, 6) is 0.610. The Kier molecular flexibility index (Phi) is 8.45. The largest absolute Gasteiger partial charge is 0.471 e. The summed E-state index contributed by atoms with van der Waals surface area (Å²) >= 11 is 0. The summed E-state index contributed by atoms with van der Waals surface area (Å²) in [6.07, 6.45) is 0.567. The smallest absolute Gasteiger partial charge is 0.311 e. The molecule has 126 valence electrons. The standard InChI is InChI=1S/C16H25NO4.ClH/c1-6-13(17-16(4,5)19)20-12-10-8-9-11(3)15(12)21-14(18)7-2;/h8-10,13,17,19H,6-7H2,1-5H3;1H/t13-;/m0./s1. The minimum Gasteiger partial charge on any atom is -0.471 e. The second-order valence-electron chi connectivity index (χ2n) is 5.45. The molecule has 0 aliphatic rings. The molecule has 5 nitrogen and oxygen atoms in total. The molecule has 6 heteroatoms. The van der Waals surface area contributed by atoms with Crippen molar-refractivity contribution in [2.75, 3.05) is 0 Å². The van der Waals surface area contributed by atoms with Gasteiger partial charge in [0.05, 0.1) is 0 Å². The van der Waals surface area contributed by atoms with E-state index in [-0.39, 0.29) is 24.6 Å². The number of nitrogens with one attached hydrogen (secondary N) is 1. The molecule has 0 aliphatic carbocycles. The number of rotatable bonds is 7. The van der Waals surface area contributed by atoms with Gasteiger partial charge in [-0.25, -0.2) is 0 Å². The van der Waals surface area contributed by atoms with E-state index in [1.165, 1.54) is 0 Å². The third-order valence-electron chi connectivity index (χ3n) is 2.83. The van der Waals surface area contributed by atoms with Gasteiger partial charge in [-0.05, 0) is 38.8 Å². The fourth-order valence-electron chi connectivity index (χ4n) is 1.80. The molecular formula is C16H26ClNO4. The van der Waals surface area contributed by atoms with Crippen LogP contribution >= 0.6 is 12.4 Å². The van der Waals surface area contributed by atoms with Gasteiger partial charge in [0.1, 0.15) is 5.72 Å². The molecule has 1 aromatic carbocycles. The van der Waals surface area contributed by atoms with Crippen LogP contribution in [0, 0.1) is 6.92 Å². The Bertz CT molecular complexity index is 486. The normalized spacial score (nSPS) is 12.3. The lowest BCUT2D eigenvalue weighted by Gasteiger charge is -2.28. The highest BCUT2D eigenvalue weighted by Crippen LogP contribution is 2.32. The number of carbonyl (C=O) groups excluding carboxylic acids is 1. The summed E-state index contributed by atoms with van der Waals surface area (Å²) in [6.45, 7) is 8.83. The maximum absolute atomic E-state index is 11.5. The van der Waals surface area contributed by atoms with Crippen molar-refractivity contribution in [3.8, 4) is 11.5 Å². The summed E-state index contributed by atoms with van der Waals surface area (Å²) in [5, 5.41) is 12.8. The van der Waals surface area contributed by atoms with Gasteiger partial charge in [-0.3, -0.25) is 10.1 Å². The quantitative estimate of drug-likeness (QED) is 0.456. The van der Waals surface area contributed by atoms with Crippen LogP contribution < -0.4 is 14.8 Å². The topological polar surface area (TPSA) is 67.8 Å². The molecule has 0 saturated carbocycles. The van der Waals surface area contributed by atoms with Gasteiger partial charge in [0.2, 0.25) is 0 Å². The third kappa shape index (κ3) is 6.64. The van der Waals surface area contributed by atoms with Gasteiger partial charge in [0.15, 0.2) is 17.7 Å². The van der Waals surface area contributed by atoms with Gasteiger partial charge < -0.3 is 14.6 Å². The number of hydrogen-bond acceptors (Lipinski definition) is 5. The zero-order chi connectivity index (χ0) is 16.0. The van der Waals surface area contributed by atoms with Gasteiger partial charge in [0, 0.05) is 6.42 Å². The van der Waals surface area contributed by atoms with Crippen LogP contribution in [0.4, 0.5) is 0 Å². The van der Waals surface area contributed by atoms with E-state index in [1.807, 2.05) is 26.0 Å². The van der Waals surface area contributed by atoms with Crippen LogP contribution in [0.1, 0.15) is 46.1 Å². The monoisotopic (exact) mass is 331 g/mol. The molecule has 0 radical (unpaired) electrons. The van der Waals surface area contributed by atoms with Crippen LogP contribution in [0.15, 0.2) is 18.2 Å². The number of aryl methyl sites for hydroxylation is 1. The van der Waals surface area contributed by atoms with Gasteiger partial charge in [-0.1, -0.05) is 26.0 Å². The number of esters is 1. The van der Waals surface area contributed by atoms with E-state index in [4.69, 9.17) is 9.47 Å². The number of carbonyl (C=O) groups is 1. The lowest BCUT2D eigenvalue weighted by atomic mass is 10.2. The van der Waals surface area contributed by atoms with Gasteiger partial charge >= 0.3 is 5.97 Å². The second kappa shape index (κ2) is 8.98. The summed E-state index contributed by atoms with van der Waals surface area (Å²) in [4.78, 5) is 11.5. The highest BCUT2D eigenvalue weighted by atomic mass is 35.5. The molecule has 1 aromatic rings. The van der Waals surface area contributed by atoms with Crippen LogP contribution in [-0.2, 0) is 4.79 Å². The molecular weight excluding hydrogens is 306 g/mol. The van der Waals surface area contributed by atoms with Crippen molar-refractivity contribution in [3.63, 3.8) is 0 Å². The van der Waals surface area contributed by atoms with Crippen LogP contribution in [-0.4, -0.2) is 23.0 Å². The van der Waals surface area contributed by atoms with Crippen molar-refractivity contribution < 1.29 is 19.4 Å².